The summed E-state index contributed by atoms with van der Waals surface area (Å²) >= 11 is 0. The molecule has 0 fully saturated rings. The van der Waals surface area contributed by atoms with Crippen molar-refractivity contribution in [1.29, 1.82) is 0 Å². The van der Waals surface area contributed by atoms with E-state index < -0.39 is 17.6 Å². The summed E-state index contributed by atoms with van der Waals surface area (Å²) in [6, 6.07) is 11.4. The number of carbonyl (C=O) groups excluding carboxylic acids is 1. The van der Waals surface area contributed by atoms with E-state index in [1.54, 1.807) is 19.1 Å². The lowest BCUT2D eigenvalue weighted by Gasteiger charge is -2.24. The summed E-state index contributed by atoms with van der Waals surface area (Å²) < 4.78 is 35.4. The van der Waals surface area contributed by atoms with E-state index in [1.165, 1.54) is 16.8 Å². The normalized spacial score (nSPS) is 16.2. The van der Waals surface area contributed by atoms with Crippen LogP contribution in [0.15, 0.2) is 46.9 Å². The number of oxazole rings is 1. The number of benzene rings is 2. The quantitative estimate of drug-likeness (QED) is 0.569. The molecule has 0 spiro atoms. The lowest BCUT2D eigenvalue weighted by Crippen LogP contribution is -2.25. The highest BCUT2D eigenvalue weighted by Gasteiger charge is 2.35. The van der Waals surface area contributed by atoms with Crippen LogP contribution in [-0.2, 0) is 4.79 Å². The molecule has 0 bridgehead atoms. The van der Waals surface area contributed by atoms with Gasteiger partial charge in [0.2, 0.25) is 5.91 Å². The Balaban J connectivity index is 1.70. The fourth-order valence-electron chi connectivity index (χ4n) is 3.69. The van der Waals surface area contributed by atoms with Crippen molar-refractivity contribution in [3.8, 4) is 6.01 Å². The Bertz CT molecular complexity index is 1210. The number of carbonyl (C=O) groups is 1. The number of aryl methyl sites for hydroxylation is 1. The van der Waals surface area contributed by atoms with Crippen LogP contribution in [0.25, 0.3) is 17.1 Å². The first-order chi connectivity index (χ1) is 13.5. The molecule has 28 heavy (non-hydrogen) atoms. The summed E-state index contributed by atoms with van der Waals surface area (Å²) in [6.45, 7) is 1.75. The van der Waals surface area contributed by atoms with Gasteiger partial charge in [0.05, 0.1) is 5.69 Å². The van der Waals surface area contributed by atoms with E-state index in [2.05, 4.69) is 15.4 Å². The van der Waals surface area contributed by atoms with Gasteiger partial charge in [-0.2, -0.15) is 14.8 Å². The minimum absolute atomic E-state index is 0.00648. The van der Waals surface area contributed by atoms with Crippen molar-refractivity contribution in [2.75, 3.05) is 5.32 Å². The Kier molecular flexibility index (Phi) is 3.55. The van der Waals surface area contributed by atoms with Crippen LogP contribution in [-0.4, -0.2) is 20.7 Å². The number of amides is 1. The van der Waals surface area contributed by atoms with Gasteiger partial charge in [-0.1, -0.05) is 24.3 Å². The highest BCUT2D eigenvalue weighted by molar-refractivity contribution is 5.95. The van der Waals surface area contributed by atoms with E-state index in [9.17, 15) is 13.6 Å². The zero-order valence-electron chi connectivity index (χ0n) is 14.7. The van der Waals surface area contributed by atoms with Gasteiger partial charge in [0.1, 0.15) is 11.3 Å². The third kappa shape index (κ3) is 2.41. The van der Waals surface area contributed by atoms with Gasteiger partial charge in [0, 0.05) is 17.9 Å². The monoisotopic (exact) mass is 380 g/mol. The highest BCUT2D eigenvalue weighted by Crippen LogP contribution is 2.41. The molecule has 8 heteroatoms. The Morgan fingerprint density at radius 1 is 1.18 bits per heavy atom. The van der Waals surface area contributed by atoms with E-state index >= 15 is 0 Å². The average molecular weight is 380 g/mol. The van der Waals surface area contributed by atoms with E-state index in [0.29, 0.717) is 28.2 Å². The predicted molar refractivity (Wildman–Crippen MR) is 97.3 cm³/mol. The second kappa shape index (κ2) is 5.98. The number of hydrogen-bond acceptors (Lipinski definition) is 4. The zero-order valence-corrected chi connectivity index (χ0v) is 14.7. The van der Waals surface area contributed by atoms with E-state index in [1.807, 2.05) is 12.1 Å². The molecule has 1 N–H and O–H groups in total. The number of nitrogens with zero attached hydrogens (tertiary/aromatic N) is 3. The molecule has 140 valence electrons. The molecule has 0 radical (unpaired) electrons. The molecule has 5 rings (SSSR count). The van der Waals surface area contributed by atoms with Gasteiger partial charge in [-0.05, 0) is 30.7 Å². The second-order valence-electron chi connectivity index (χ2n) is 6.67. The topological polar surface area (TPSA) is 73.0 Å². The van der Waals surface area contributed by atoms with Crippen LogP contribution >= 0.6 is 0 Å². The van der Waals surface area contributed by atoms with E-state index in [-0.39, 0.29) is 23.9 Å². The fraction of sp³-hybridized carbons (Fsp3) is 0.150. The van der Waals surface area contributed by atoms with Gasteiger partial charge < -0.3 is 9.73 Å². The maximum absolute atomic E-state index is 14.4. The molecule has 1 amide bonds. The predicted octanol–water partition coefficient (Wildman–Crippen LogP) is 4.07. The first kappa shape index (κ1) is 16.6. The van der Waals surface area contributed by atoms with Gasteiger partial charge in [-0.15, -0.1) is 0 Å². The summed E-state index contributed by atoms with van der Waals surface area (Å²) in [5.74, 6) is -2.53. The molecule has 1 aliphatic rings. The molecule has 4 aromatic rings. The van der Waals surface area contributed by atoms with Gasteiger partial charge in [-0.25, -0.2) is 8.78 Å². The molecule has 2 aromatic carbocycles. The van der Waals surface area contributed by atoms with Crippen molar-refractivity contribution < 1.29 is 18.0 Å². The highest BCUT2D eigenvalue weighted by atomic mass is 19.2. The van der Waals surface area contributed by atoms with Crippen molar-refractivity contribution in [2.45, 2.75) is 19.3 Å². The first-order valence-corrected chi connectivity index (χ1v) is 8.72. The molecule has 0 aliphatic carbocycles. The molecule has 2 aromatic heterocycles. The van der Waals surface area contributed by atoms with Crippen LogP contribution in [0, 0.1) is 18.6 Å². The van der Waals surface area contributed by atoms with Gasteiger partial charge in [-0.3, -0.25) is 4.79 Å². The number of aromatic nitrogens is 3. The van der Waals surface area contributed by atoms with Crippen molar-refractivity contribution in [1.82, 2.24) is 14.8 Å². The fourth-order valence-corrected chi connectivity index (χ4v) is 3.69. The number of halogens is 2. The van der Waals surface area contributed by atoms with Crippen LogP contribution in [0.2, 0.25) is 0 Å². The zero-order chi connectivity index (χ0) is 19.4. The van der Waals surface area contributed by atoms with E-state index in [0.717, 1.165) is 6.07 Å². The molecule has 3 heterocycles. The standard InChI is InChI=1S/C20H14F2N4O2/c1-10-17-12(11-5-4-6-13(21)18(11)22)9-16(27)24-19(17)26(25-10)20-23-14-7-2-3-8-15(14)28-20/h2-8,12H,9H2,1H3,(H,24,27). The molecular weight excluding hydrogens is 366 g/mol. The van der Waals surface area contributed by atoms with Crippen LogP contribution in [0.5, 0.6) is 0 Å². The summed E-state index contributed by atoms with van der Waals surface area (Å²) in [5.41, 5.74) is 2.54. The average Bonchev–Trinajstić information content (AvgIpc) is 3.24. The van der Waals surface area contributed by atoms with Crippen molar-refractivity contribution in [3.05, 3.63) is 70.9 Å². The SMILES string of the molecule is Cc1nn(-c2nc3ccccc3o2)c2c1C(c1cccc(F)c1F)CC(=O)N2. The lowest BCUT2D eigenvalue weighted by molar-refractivity contribution is -0.116. The summed E-state index contributed by atoms with van der Waals surface area (Å²) in [5, 5.41) is 7.22. The van der Waals surface area contributed by atoms with Crippen molar-refractivity contribution >= 4 is 22.8 Å². The van der Waals surface area contributed by atoms with Gasteiger partial charge in [0.15, 0.2) is 17.2 Å². The van der Waals surface area contributed by atoms with Crippen LogP contribution in [0.3, 0.4) is 0 Å². The molecule has 6 nitrogen and oxygen atoms in total. The van der Waals surface area contributed by atoms with Crippen LogP contribution < -0.4 is 5.32 Å². The number of para-hydroxylation sites is 2. The van der Waals surface area contributed by atoms with E-state index in [4.69, 9.17) is 4.42 Å². The smallest absolute Gasteiger partial charge is 0.325 e. The van der Waals surface area contributed by atoms with Crippen molar-refractivity contribution in [2.24, 2.45) is 0 Å². The maximum Gasteiger partial charge on any atom is 0.325 e. The Labute approximate surface area is 157 Å². The number of rotatable bonds is 2. The molecule has 1 aliphatic heterocycles. The molecular formula is C20H14F2N4O2. The maximum atomic E-state index is 14.4. The van der Waals surface area contributed by atoms with Crippen LogP contribution in [0.1, 0.15) is 29.2 Å². The Hall–Kier alpha value is -3.55. The summed E-state index contributed by atoms with van der Waals surface area (Å²) in [4.78, 5) is 16.8. The summed E-state index contributed by atoms with van der Waals surface area (Å²) in [6.07, 6.45) is -0.00648. The number of fused-ring (bicyclic) bond motifs is 2. The van der Waals surface area contributed by atoms with Gasteiger partial charge >= 0.3 is 6.01 Å². The third-order valence-corrected chi connectivity index (χ3v) is 4.92. The van der Waals surface area contributed by atoms with Crippen LogP contribution in [0.4, 0.5) is 14.6 Å². The number of anilines is 1. The van der Waals surface area contributed by atoms with Crippen molar-refractivity contribution in [3.63, 3.8) is 0 Å². The second-order valence-corrected chi connectivity index (χ2v) is 6.67. The Morgan fingerprint density at radius 2 is 2.00 bits per heavy atom. The largest absolute Gasteiger partial charge is 0.422 e. The minimum Gasteiger partial charge on any atom is -0.422 e. The number of hydrogen-bond donors (Lipinski definition) is 1. The molecule has 1 atom stereocenters. The number of nitrogens with one attached hydrogen (secondary N) is 1. The minimum atomic E-state index is -0.956. The molecule has 0 saturated carbocycles. The van der Waals surface area contributed by atoms with Gasteiger partial charge in [0.25, 0.3) is 0 Å². The first-order valence-electron chi connectivity index (χ1n) is 8.72. The summed E-state index contributed by atoms with van der Waals surface area (Å²) in [7, 11) is 0. The Morgan fingerprint density at radius 3 is 2.82 bits per heavy atom. The third-order valence-electron chi connectivity index (χ3n) is 4.92. The molecule has 0 saturated heterocycles. The lowest BCUT2D eigenvalue weighted by atomic mass is 9.85. The molecule has 1 unspecified atom stereocenters.